The van der Waals surface area contributed by atoms with Crippen LogP contribution in [0, 0.1) is 0 Å². The van der Waals surface area contributed by atoms with Gasteiger partial charge in [-0.05, 0) is 46.9 Å². The molecule has 1 aliphatic carbocycles. The van der Waals surface area contributed by atoms with E-state index in [9.17, 15) is 4.79 Å². The summed E-state index contributed by atoms with van der Waals surface area (Å²) < 4.78 is 0. The lowest BCUT2D eigenvalue weighted by atomic mass is 9.78. The highest BCUT2D eigenvalue weighted by molar-refractivity contribution is 6.42. The van der Waals surface area contributed by atoms with Crippen molar-refractivity contribution in [3.8, 4) is 11.3 Å². The number of hydrogen-bond donors (Lipinski definition) is 2. The van der Waals surface area contributed by atoms with Gasteiger partial charge in [0, 0.05) is 36.6 Å². The molecule has 0 radical (unpaired) electrons. The first kappa shape index (κ1) is 21.4. The highest BCUT2D eigenvalue weighted by atomic mass is 35.5. The summed E-state index contributed by atoms with van der Waals surface area (Å²) in [4.78, 5) is 25.4. The second-order valence-electron chi connectivity index (χ2n) is 7.75. The van der Waals surface area contributed by atoms with Crippen molar-refractivity contribution in [3.63, 3.8) is 0 Å². The first-order valence-corrected chi connectivity index (χ1v) is 11.2. The molecule has 0 saturated carbocycles. The number of pyridine rings is 1. The number of fused-ring (bicyclic) bond motifs is 3. The van der Waals surface area contributed by atoms with Crippen LogP contribution in [0.4, 0.5) is 10.7 Å². The molecule has 1 unspecified atom stereocenters. The predicted octanol–water partition coefficient (Wildman–Crippen LogP) is 5.86. The molecule has 0 aliphatic heterocycles. The number of urea groups is 1. The summed E-state index contributed by atoms with van der Waals surface area (Å²) in [5.41, 5.74) is 5.97. The van der Waals surface area contributed by atoms with E-state index in [1.165, 1.54) is 0 Å². The van der Waals surface area contributed by atoms with Crippen LogP contribution in [0.25, 0.3) is 11.3 Å². The van der Waals surface area contributed by atoms with Crippen LogP contribution in [-0.4, -0.2) is 21.0 Å². The van der Waals surface area contributed by atoms with Gasteiger partial charge in [-0.1, -0.05) is 59.6 Å². The van der Waals surface area contributed by atoms with Crippen molar-refractivity contribution < 1.29 is 4.79 Å². The molecule has 33 heavy (non-hydrogen) atoms. The topological polar surface area (TPSA) is 79.8 Å². The van der Waals surface area contributed by atoms with Gasteiger partial charge in [-0.3, -0.25) is 10.3 Å². The lowest BCUT2D eigenvalue weighted by molar-refractivity contribution is 0.251. The van der Waals surface area contributed by atoms with E-state index in [2.05, 4.69) is 31.7 Å². The first-order valence-electron chi connectivity index (χ1n) is 10.4. The van der Waals surface area contributed by atoms with Crippen molar-refractivity contribution in [2.24, 2.45) is 0 Å². The molecule has 8 heteroatoms. The van der Waals surface area contributed by atoms with E-state index in [1.54, 1.807) is 18.6 Å². The highest BCUT2D eigenvalue weighted by Crippen LogP contribution is 2.42. The standard InChI is InChI=1S/C25H19Cl2N5O/c26-21-8-7-16(11-22(21)27)20-10-17-14-29-24(31-23(17)19-6-2-1-5-18(19)20)32-25(33)30-13-15-4-3-9-28-12-15/h1-9,11-12,14,20H,10,13H2,(H2,29,30,31,32,33). The molecule has 2 heterocycles. The van der Waals surface area contributed by atoms with Crippen molar-refractivity contribution >= 4 is 35.2 Å². The van der Waals surface area contributed by atoms with Gasteiger partial charge in [-0.15, -0.1) is 0 Å². The Morgan fingerprint density at radius 3 is 2.73 bits per heavy atom. The van der Waals surface area contributed by atoms with Crippen LogP contribution < -0.4 is 10.6 Å². The van der Waals surface area contributed by atoms with E-state index >= 15 is 0 Å². The number of nitrogens with zero attached hydrogens (tertiary/aromatic N) is 3. The second-order valence-corrected chi connectivity index (χ2v) is 8.57. The third kappa shape index (κ3) is 4.53. The van der Waals surface area contributed by atoms with E-state index in [4.69, 9.17) is 23.2 Å². The Morgan fingerprint density at radius 2 is 1.91 bits per heavy atom. The Hall–Kier alpha value is -3.48. The average Bonchev–Trinajstić information content (AvgIpc) is 2.85. The number of hydrogen-bond acceptors (Lipinski definition) is 4. The predicted molar refractivity (Wildman–Crippen MR) is 130 cm³/mol. The van der Waals surface area contributed by atoms with Gasteiger partial charge in [0.15, 0.2) is 0 Å². The number of aromatic nitrogens is 3. The minimum absolute atomic E-state index is 0.105. The smallest absolute Gasteiger partial charge is 0.321 e. The SMILES string of the molecule is O=C(NCc1cccnc1)Nc1ncc2c(n1)-c1ccccc1C(c1ccc(Cl)c(Cl)c1)C2. The minimum atomic E-state index is -0.378. The minimum Gasteiger partial charge on any atom is -0.334 e. The number of anilines is 1. The van der Waals surface area contributed by atoms with Gasteiger partial charge in [0.2, 0.25) is 5.95 Å². The van der Waals surface area contributed by atoms with Gasteiger partial charge in [0.25, 0.3) is 0 Å². The maximum atomic E-state index is 12.3. The highest BCUT2D eigenvalue weighted by Gasteiger charge is 2.28. The van der Waals surface area contributed by atoms with Crippen molar-refractivity contribution in [1.29, 1.82) is 0 Å². The number of benzene rings is 2. The molecule has 2 amide bonds. The molecule has 2 aromatic carbocycles. The Labute approximate surface area is 201 Å². The van der Waals surface area contributed by atoms with Gasteiger partial charge in [-0.2, -0.15) is 0 Å². The number of rotatable bonds is 4. The molecule has 0 spiro atoms. The number of halogens is 2. The number of amides is 2. The summed E-state index contributed by atoms with van der Waals surface area (Å²) in [5, 5.41) is 6.58. The van der Waals surface area contributed by atoms with E-state index in [0.29, 0.717) is 16.6 Å². The van der Waals surface area contributed by atoms with Crippen molar-refractivity contribution in [3.05, 3.63) is 105 Å². The van der Waals surface area contributed by atoms with Gasteiger partial charge < -0.3 is 5.32 Å². The van der Waals surface area contributed by atoms with Crippen LogP contribution in [0.3, 0.4) is 0 Å². The van der Waals surface area contributed by atoms with Crippen LogP contribution in [0.2, 0.25) is 10.0 Å². The molecule has 4 aromatic rings. The van der Waals surface area contributed by atoms with Gasteiger partial charge in [0.05, 0.1) is 15.7 Å². The fourth-order valence-corrected chi connectivity index (χ4v) is 4.36. The summed E-state index contributed by atoms with van der Waals surface area (Å²) >= 11 is 12.4. The molecule has 2 N–H and O–H groups in total. The van der Waals surface area contributed by atoms with Gasteiger partial charge >= 0.3 is 6.03 Å². The number of carbonyl (C=O) groups is 1. The molecule has 164 valence electrons. The van der Waals surface area contributed by atoms with E-state index in [1.807, 2.05) is 48.5 Å². The Morgan fingerprint density at radius 1 is 1.03 bits per heavy atom. The summed E-state index contributed by atoms with van der Waals surface area (Å²) in [6.45, 7) is 0.360. The quantitative estimate of drug-likeness (QED) is 0.387. The van der Waals surface area contributed by atoms with E-state index in [0.717, 1.165) is 39.9 Å². The van der Waals surface area contributed by atoms with Crippen LogP contribution in [-0.2, 0) is 13.0 Å². The molecule has 0 bridgehead atoms. The maximum Gasteiger partial charge on any atom is 0.321 e. The molecule has 1 aliphatic rings. The lowest BCUT2D eigenvalue weighted by Crippen LogP contribution is -2.29. The van der Waals surface area contributed by atoms with E-state index < -0.39 is 0 Å². The zero-order valence-electron chi connectivity index (χ0n) is 17.4. The monoisotopic (exact) mass is 475 g/mol. The fraction of sp³-hybridized carbons (Fsp3) is 0.120. The third-order valence-electron chi connectivity index (χ3n) is 5.63. The lowest BCUT2D eigenvalue weighted by Gasteiger charge is -2.27. The summed E-state index contributed by atoms with van der Waals surface area (Å²) in [6.07, 6.45) is 5.89. The largest absolute Gasteiger partial charge is 0.334 e. The molecular formula is C25H19Cl2N5O. The van der Waals surface area contributed by atoms with Crippen LogP contribution in [0.15, 0.2) is 73.2 Å². The average molecular weight is 476 g/mol. The summed E-state index contributed by atoms with van der Waals surface area (Å²) in [5.74, 6) is 0.355. The van der Waals surface area contributed by atoms with Crippen LogP contribution in [0.5, 0.6) is 0 Å². The Bertz CT molecular complexity index is 1330. The van der Waals surface area contributed by atoms with Gasteiger partial charge in [-0.25, -0.2) is 14.8 Å². The molecule has 2 aromatic heterocycles. The Balaban J connectivity index is 1.39. The van der Waals surface area contributed by atoms with Crippen molar-refractivity contribution in [2.45, 2.75) is 18.9 Å². The molecule has 0 saturated heterocycles. The normalized spacial score (nSPS) is 14.2. The zero-order chi connectivity index (χ0) is 22.8. The molecule has 0 fully saturated rings. The number of nitrogens with one attached hydrogen (secondary N) is 2. The molecule has 1 atom stereocenters. The van der Waals surface area contributed by atoms with Crippen LogP contribution in [0.1, 0.15) is 28.2 Å². The van der Waals surface area contributed by atoms with Crippen molar-refractivity contribution in [2.75, 3.05) is 5.32 Å². The van der Waals surface area contributed by atoms with Crippen molar-refractivity contribution in [1.82, 2.24) is 20.3 Å². The zero-order valence-corrected chi connectivity index (χ0v) is 18.9. The Kier molecular flexibility index (Phi) is 5.94. The third-order valence-corrected chi connectivity index (χ3v) is 6.37. The number of carbonyl (C=O) groups excluding carboxylic acids is 1. The second kappa shape index (κ2) is 9.17. The summed E-state index contributed by atoms with van der Waals surface area (Å²) in [7, 11) is 0. The van der Waals surface area contributed by atoms with Crippen LogP contribution >= 0.6 is 23.2 Å². The molecule has 6 nitrogen and oxygen atoms in total. The van der Waals surface area contributed by atoms with Gasteiger partial charge in [0.1, 0.15) is 0 Å². The summed E-state index contributed by atoms with van der Waals surface area (Å²) in [6, 6.07) is 17.2. The first-order chi connectivity index (χ1) is 16.1. The van der Waals surface area contributed by atoms with E-state index in [-0.39, 0.29) is 17.9 Å². The fourth-order valence-electron chi connectivity index (χ4n) is 4.05. The molecular weight excluding hydrogens is 457 g/mol. The maximum absolute atomic E-state index is 12.3. The molecule has 5 rings (SSSR count).